The minimum absolute atomic E-state index is 0.0241. The summed E-state index contributed by atoms with van der Waals surface area (Å²) in [5.74, 6) is 2.06. The van der Waals surface area contributed by atoms with Crippen LogP contribution in [0.25, 0.3) is 0 Å². The van der Waals surface area contributed by atoms with E-state index in [1.165, 1.54) is 19.3 Å². The van der Waals surface area contributed by atoms with Crippen molar-refractivity contribution < 1.29 is 24.2 Å². The van der Waals surface area contributed by atoms with E-state index in [2.05, 4.69) is 10.3 Å². The second kappa shape index (κ2) is 11.6. The number of nitrogens with zero attached hydrogens (tertiary/aromatic N) is 3. The highest BCUT2D eigenvalue weighted by molar-refractivity contribution is 6.06. The smallest absolute Gasteiger partial charge is 0.246 e. The number of aliphatic imine (C=N–C) groups is 1. The van der Waals surface area contributed by atoms with Crippen molar-refractivity contribution in [2.24, 2.45) is 4.99 Å². The van der Waals surface area contributed by atoms with Crippen molar-refractivity contribution in [3.8, 4) is 11.5 Å². The van der Waals surface area contributed by atoms with Gasteiger partial charge in [-0.1, -0.05) is 19.3 Å². The van der Waals surface area contributed by atoms with Crippen molar-refractivity contribution in [1.29, 1.82) is 0 Å². The summed E-state index contributed by atoms with van der Waals surface area (Å²) < 4.78 is 11.5. The molecule has 1 aromatic rings. The molecule has 0 spiro atoms. The molecule has 1 saturated heterocycles. The van der Waals surface area contributed by atoms with Gasteiger partial charge in [0.2, 0.25) is 17.8 Å². The molecule has 2 heterocycles. The number of ether oxygens (including phenoxy) is 2. The number of amides is 2. The van der Waals surface area contributed by atoms with E-state index >= 15 is 0 Å². The highest BCUT2D eigenvalue weighted by Gasteiger charge is 2.31. The molecule has 0 unspecified atom stereocenters. The van der Waals surface area contributed by atoms with Crippen LogP contribution in [0.2, 0.25) is 0 Å². The van der Waals surface area contributed by atoms with E-state index < -0.39 is 0 Å². The van der Waals surface area contributed by atoms with Crippen LogP contribution in [0.3, 0.4) is 0 Å². The third-order valence-electron chi connectivity index (χ3n) is 6.82. The third-order valence-corrected chi connectivity index (χ3v) is 6.82. The van der Waals surface area contributed by atoms with Crippen molar-refractivity contribution in [3.05, 3.63) is 17.7 Å². The average molecular weight is 473 g/mol. The lowest BCUT2D eigenvalue weighted by atomic mass is 9.94. The number of nitrogens with one attached hydrogen (secondary N) is 1. The van der Waals surface area contributed by atoms with Crippen molar-refractivity contribution in [1.82, 2.24) is 15.1 Å². The van der Waals surface area contributed by atoms with Crippen LogP contribution in [0.5, 0.6) is 11.5 Å². The quantitative estimate of drug-likeness (QED) is 0.480. The monoisotopic (exact) mass is 472 g/mol. The molecular weight excluding hydrogens is 436 g/mol. The molecule has 0 atom stereocenters. The molecular formula is C25H36N4O5. The molecule has 2 N–H and O–H groups in total. The SMILES string of the molecule is COc1cc(OCCCCCC(=O)N(CCO)C2CCCCC2)cc2c1CN1CC(=O)NC1=N2. The van der Waals surface area contributed by atoms with Gasteiger partial charge >= 0.3 is 0 Å². The molecule has 3 aliphatic rings. The third kappa shape index (κ3) is 5.81. The van der Waals surface area contributed by atoms with Gasteiger partial charge in [0.15, 0.2) is 0 Å². The summed E-state index contributed by atoms with van der Waals surface area (Å²) in [6.45, 7) is 1.88. The zero-order valence-electron chi connectivity index (χ0n) is 20.1. The van der Waals surface area contributed by atoms with Crippen LogP contribution in [0, 0.1) is 0 Å². The molecule has 1 aliphatic carbocycles. The normalized spacial score (nSPS) is 17.5. The van der Waals surface area contributed by atoms with Crippen LogP contribution in [0.1, 0.15) is 63.4 Å². The van der Waals surface area contributed by atoms with Crippen molar-refractivity contribution in [2.45, 2.75) is 70.4 Å². The van der Waals surface area contributed by atoms with E-state index in [1.807, 2.05) is 21.9 Å². The zero-order valence-corrected chi connectivity index (χ0v) is 20.1. The number of rotatable bonds is 11. The highest BCUT2D eigenvalue weighted by atomic mass is 16.5. The Morgan fingerprint density at radius 2 is 2.03 bits per heavy atom. The van der Waals surface area contributed by atoms with E-state index in [1.54, 1.807) is 7.11 Å². The maximum Gasteiger partial charge on any atom is 0.246 e. The summed E-state index contributed by atoms with van der Waals surface area (Å²) in [6, 6.07) is 4.04. The lowest BCUT2D eigenvalue weighted by molar-refractivity contribution is -0.135. The van der Waals surface area contributed by atoms with Gasteiger partial charge in [0, 0.05) is 36.7 Å². The molecule has 1 saturated carbocycles. The average Bonchev–Trinajstić information content (AvgIpc) is 3.21. The standard InChI is InChI=1S/C25H36N4O5/c1-33-22-15-19(14-21-20(22)16-28-17-23(31)27-25(28)26-21)34-13-7-3-6-10-24(32)29(11-12-30)18-8-4-2-5-9-18/h14-15,18,30H,2-13,16-17H2,1H3,(H,26,27,31). The van der Waals surface area contributed by atoms with Gasteiger partial charge in [0.25, 0.3) is 0 Å². The molecule has 2 fully saturated rings. The van der Waals surface area contributed by atoms with E-state index in [0.717, 1.165) is 43.4 Å². The van der Waals surface area contributed by atoms with Crippen molar-refractivity contribution >= 4 is 23.5 Å². The van der Waals surface area contributed by atoms with E-state index in [-0.39, 0.29) is 18.4 Å². The topological polar surface area (TPSA) is 104 Å². The Hall–Kier alpha value is -2.81. The maximum absolute atomic E-state index is 12.7. The van der Waals surface area contributed by atoms with Crippen LogP contribution in [-0.2, 0) is 16.1 Å². The molecule has 9 heteroatoms. The molecule has 9 nitrogen and oxygen atoms in total. The van der Waals surface area contributed by atoms with Gasteiger partial charge in [-0.25, -0.2) is 4.99 Å². The number of fused-ring (bicyclic) bond motifs is 2. The number of unbranched alkanes of at least 4 members (excludes halogenated alkanes) is 2. The lowest BCUT2D eigenvalue weighted by Gasteiger charge is -2.34. The first-order valence-corrected chi connectivity index (χ1v) is 12.5. The fourth-order valence-corrected chi connectivity index (χ4v) is 5.06. The Morgan fingerprint density at radius 3 is 2.79 bits per heavy atom. The molecule has 2 amide bonds. The summed E-state index contributed by atoms with van der Waals surface area (Å²) in [4.78, 5) is 32.8. The van der Waals surface area contributed by atoms with Gasteiger partial charge in [-0.2, -0.15) is 0 Å². The van der Waals surface area contributed by atoms with Crippen LogP contribution >= 0.6 is 0 Å². The lowest BCUT2D eigenvalue weighted by Crippen LogP contribution is -2.43. The number of carbonyl (C=O) groups is 2. The fraction of sp³-hybridized carbons (Fsp3) is 0.640. The number of methoxy groups -OCH3 is 1. The van der Waals surface area contributed by atoms with Gasteiger partial charge in [0.05, 0.1) is 32.6 Å². The molecule has 34 heavy (non-hydrogen) atoms. The number of aliphatic hydroxyl groups excluding tert-OH is 1. The summed E-state index contributed by atoms with van der Waals surface area (Å²) in [5, 5.41) is 12.2. The highest BCUT2D eigenvalue weighted by Crippen LogP contribution is 2.38. The summed E-state index contributed by atoms with van der Waals surface area (Å²) in [6.07, 6.45) is 8.77. The van der Waals surface area contributed by atoms with Gasteiger partial charge in [-0.05, 0) is 32.1 Å². The second-order valence-corrected chi connectivity index (χ2v) is 9.22. The van der Waals surface area contributed by atoms with Gasteiger partial charge in [-0.15, -0.1) is 0 Å². The van der Waals surface area contributed by atoms with Gasteiger partial charge in [0.1, 0.15) is 18.0 Å². The molecule has 0 aromatic heterocycles. The van der Waals surface area contributed by atoms with Crippen molar-refractivity contribution in [3.63, 3.8) is 0 Å². The number of guanidine groups is 1. The predicted molar refractivity (Wildman–Crippen MR) is 128 cm³/mol. The molecule has 0 radical (unpaired) electrons. The number of carbonyl (C=O) groups excluding carboxylic acids is 2. The number of hydrogen-bond acceptors (Lipinski definition) is 7. The van der Waals surface area contributed by atoms with Gasteiger partial charge in [-0.3, -0.25) is 14.9 Å². The first kappa shape index (κ1) is 24.3. The minimum atomic E-state index is -0.0568. The van der Waals surface area contributed by atoms with E-state index in [0.29, 0.717) is 56.2 Å². The first-order chi connectivity index (χ1) is 16.6. The number of aliphatic hydroxyl groups is 1. The summed E-state index contributed by atoms with van der Waals surface area (Å²) in [7, 11) is 1.62. The van der Waals surface area contributed by atoms with E-state index in [9.17, 15) is 14.7 Å². The van der Waals surface area contributed by atoms with Crippen LogP contribution in [0.15, 0.2) is 17.1 Å². The summed E-state index contributed by atoms with van der Waals surface area (Å²) in [5.41, 5.74) is 1.69. The number of benzene rings is 1. The van der Waals surface area contributed by atoms with Gasteiger partial charge < -0.3 is 24.4 Å². The Bertz CT molecular complexity index is 913. The van der Waals surface area contributed by atoms with Crippen molar-refractivity contribution in [2.75, 3.05) is 33.4 Å². The molecule has 186 valence electrons. The Morgan fingerprint density at radius 1 is 1.21 bits per heavy atom. The largest absolute Gasteiger partial charge is 0.496 e. The molecule has 0 bridgehead atoms. The van der Waals surface area contributed by atoms with Crippen LogP contribution in [-0.4, -0.2) is 72.1 Å². The minimum Gasteiger partial charge on any atom is -0.496 e. The second-order valence-electron chi connectivity index (χ2n) is 9.22. The number of hydrogen-bond donors (Lipinski definition) is 2. The maximum atomic E-state index is 12.7. The molecule has 1 aromatic carbocycles. The fourth-order valence-electron chi connectivity index (χ4n) is 5.06. The summed E-state index contributed by atoms with van der Waals surface area (Å²) >= 11 is 0. The Balaban J connectivity index is 1.23. The predicted octanol–water partition coefficient (Wildman–Crippen LogP) is 2.72. The Labute approximate surface area is 201 Å². The van der Waals surface area contributed by atoms with Crippen LogP contribution < -0.4 is 14.8 Å². The van der Waals surface area contributed by atoms with Crippen LogP contribution in [0.4, 0.5) is 5.69 Å². The Kier molecular flexibility index (Phi) is 8.26. The van der Waals surface area contributed by atoms with E-state index in [4.69, 9.17) is 9.47 Å². The molecule has 2 aliphatic heterocycles. The first-order valence-electron chi connectivity index (χ1n) is 12.5. The molecule has 4 rings (SSSR count). The zero-order chi connectivity index (χ0) is 23.9.